The molecule has 0 spiro atoms. The predicted octanol–water partition coefficient (Wildman–Crippen LogP) is 2.98. The van der Waals surface area contributed by atoms with Crippen LogP contribution < -0.4 is 5.32 Å². The number of benzene rings is 1. The summed E-state index contributed by atoms with van der Waals surface area (Å²) in [5, 5.41) is 5.06. The minimum Gasteiger partial charge on any atom is -0.350 e. The van der Waals surface area contributed by atoms with Crippen molar-refractivity contribution in [1.29, 1.82) is 0 Å². The van der Waals surface area contributed by atoms with E-state index >= 15 is 0 Å². The third kappa shape index (κ3) is 3.64. The topological polar surface area (TPSA) is 66.5 Å². The van der Waals surface area contributed by atoms with Gasteiger partial charge in [0.1, 0.15) is 4.21 Å². The number of amides is 1. The van der Waals surface area contributed by atoms with E-state index in [-0.39, 0.29) is 18.5 Å². The highest BCUT2D eigenvalue weighted by Gasteiger charge is 2.35. The average Bonchev–Trinajstić information content (AvgIpc) is 3.24. The Morgan fingerprint density at radius 2 is 2.17 bits per heavy atom. The van der Waals surface area contributed by atoms with Gasteiger partial charge in [-0.25, -0.2) is 8.42 Å². The first kappa shape index (κ1) is 17.4. The van der Waals surface area contributed by atoms with E-state index in [4.69, 9.17) is 11.6 Å². The summed E-state index contributed by atoms with van der Waals surface area (Å²) in [5.41, 5.74) is 0.466. The van der Waals surface area contributed by atoms with Crippen molar-refractivity contribution in [1.82, 2.24) is 9.62 Å². The Labute approximate surface area is 150 Å². The third-order valence-electron chi connectivity index (χ3n) is 3.97. The molecule has 24 heavy (non-hydrogen) atoms. The highest BCUT2D eigenvalue weighted by molar-refractivity contribution is 7.91. The Morgan fingerprint density at radius 1 is 1.33 bits per heavy atom. The molecule has 0 bridgehead atoms. The molecule has 1 aromatic heterocycles. The molecule has 2 heterocycles. The highest BCUT2D eigenvalue weighted by atomic mass is 35.5. The summed E-state index contributed by atoms with van der Waals surface area (Å²) in [6, 6.07) is 9.79. The lowest BCUT2D eigenvalue weighted by molar-refractivity contribution is 0.0946. The molecule has 1 saturated heterocycles. The summed E-state index contributed by atoms with van der Waals surface area (Å²) in [6.45, 7) is 0.772. The van der Waals surface area contributed by atoms with Crippen LogP contribution in [0.5, 0.6) is 0 Å². The smallest absolute Gasteiger partial charge is 0.252 e. The maximum absolute atomic E-state index is 12.7. The van der Waals surface area contributed by atoms with Gasteiger partial charge in [-0.3, -0.25) is 4.79 Å². The fourth-order valence-corrected chi connectivity index (χ4v) is 5.80. The minimum absolute atomic E-state index is 0.222. The SMILES string of the molecule is O=C(NCC1CCCN1S(=O)(=O)c1cccs1)c1cccc(Cl)c1. The quantitative estimate of drug-likeness (QED) is 0.861. The number of carbonyl (C=O) groups is 1. The molecule has 3 rings (SSSR count). The Morgan fingerprint density at radius 3 is 2.88 bits per heavy atom. The van der Waals surface area contributed by atoms with E-state index in [9.17, 15) is 13.2 Å². The molecule has 128 valence electrons. The van der Waals surface area contributed by atoms with Crippen LogP contribution in [0.2, 0.25) is 5.02 Å². The molecule has 1 aromatic carbocycles. The maximum Gasteiger partial charge on any atom is 0.252 e. The average molecular weight is 385 g/mol. The molecule has 1 fully saturated rings. The zero-order valence-corrected chi connectivity index (χ0v) is 15.2. The van der Waals surface area contributed by atoms with Gasteiger partial charge in [0.15, 0.2) is 0 Å². The van der Waals surface area contributed by atoms with E-state index in [1.54, 1.807) is 41.8 Å². The van der Waals surface area contributed by atoms with E-state index in [0.29, 0.717) is 21.3 Å². The summed E-state index contributed by atoms with van der Waals surface area (Å²) in [5.74, 6) is -0.252. The lowest BCUT2D eigenvalue weighted by Gasteiger charge is -2.23. The number of thiophene rings is 1. The summed E-state index contributed by atoms with van der Waals surface area (Å²) in [7, 11) is -3.48. The van der Waals surface area contributed by atoms with E-state index in [0.717, 1.165) is 12.8 Å². The van der Waals surface area contributed by atoms with E-state index in [1.165, 1.54) is 15.6 Å². The highest BCUT2D eigenvalue weighted by Crippen LogP contribution is 2.28. The molecule has 1 amide bonds. The van der Waals surface area contributed by atoms with Crippen LogP contribution in [-0.4, -0.2) is 37.8 Å². The molecule has 0 radical (unpaired) electrons. The number of hydrogen-bond donors (Lipinski definition) is 1. The monoisotopic (exact) mass is 384 g/mol. The molecule has 2 aromatic rings. The largest absolute Gasteiger partial charge is 0.350 e. The van der Waals surface area contributed by atoms with E-state index in [2.05, 4.69) is 5.32 Å². The number of carbonyl (C=O) groups excluding carboxylic acids is 1. The van der Waals surface area contributed by atoms with Crippen LogP contribution in [0.25, 0.3) is 0 Å². The Kier molecular flexibility index (Phi) is 5.24. The fourth-order valence-electron chi connectivity index (χ4n) is 2.80. The van der Waals surface area contributed by atoms with Crippen molar-refractivity contribution in [3.05, 3.63) is 52.4 Å². The van der Waals surface area contributed by atoms with Crippen LogP contribution >= 0.6 is 22.9 Å². The maximum atomic E-state index is 12.7. The summed E-state index contributed by atoms with van der Waals surface area (Å²) in [4.78, 5) is 12.2. The second-order valence-electron chi connectivity index (χ2n) is 5.56. The van der Waals surface area contributed by atoms with Gasteiger partial charge in [-0.05, 0) is 42.5 Å². The van der Waals surface area contributed by atoms with Gasteiger partial charge in [-0.2, -0.15) is 4.31 Å². The van der Waals surface area contributed by atoms with Crippen molar-refractivity contribution >= 4 is 38.9 Å². The molecule has 0 saturated carbocycles. The van der Waals surface area contributed by atoms with Crippen molar-refractivity contribution < 1.29 is 13.2 Å². The third-order valence-corrected chi connectivity index (χ3v) is 7.53. The van der Waals surface area contributed by atoms with E-state index < -0.39 is 10.0 Å². The van der Waals surface area contributed by atoms with Crippen molar-refractivity contribution in [2.75, 3.05) is 13.1 Å². The zero-order chi connectivity index (χ0) is 17.2. The van der Waals surface area contributed by atoms with Gasteiger partial charge in [-0.1, -0.05) is 23.7 Å². The van der Waals surface area contributed by atoms with Crippen LogP contribution in [0, 0.1) is 0 Å². The molecular formula is C16H17ClN2O3S2. The lowest BCUT2D eigenvalue weighted by atomic mass is 10.2. The molecule has 1 unspecified atom stereocenters. The molecule has 8 heteroatoms. The lowest BCUT2D eigenvalue weighted by Crippen LogP contribution is -2.42. The fraction of sp³-hybridized carbons (Fsp3) is 0.312. The van der Waals surface area contributed by atoms with Crippen molar-refractivity contribution in [2.45, 2.75) is 23.1 Å². The number of nitrogens with zero attached hydrogens (tertiary/aromatic N) is 1. The van der Waals surface area contributed by atoms with Gasteiger partial charge >= 0.3 is 0 Å². The van der Waals surface area contributed by atoms with Gasteiger partial charge in [0.25, 0.3) is 15.9 Å². The second kappa shape index (κ2) is 7.23. The van der Waals surface area contributed by atoms with Crippen molar-refractivity contribution in [2.24, 2.45) is 0 Å². The van der Waals surface area contributed by atoms with Crippen LogP contribution in [0.15, 0.2) is 46.0 Å². The number of nitrogens with one attached hydrogen (secondary N) is 1. The van der Waals surface area contributed by atoms with Gasteiger partial charge in [-0.15, -0.1) is 11.3 Å². The molecular weight excluding hydrogens is 368 g/mol. The molecule has 1 atom stereocenters. The normalized spacial score (nSPS) is 18.6. The molecule has 0 aliphatic carbocycles. The number of sulfonamides is 1. The number of halogens is 1. The first-order chi connectivity index (χ1) is 11.5. The van der Waals surface area contributed by atoms with E-state index in [1.807, 2.05) is 0 Å². The molecule has 1 aliphatic rings. The predicted molar refractivity (Wildman–Crippen MR) is 95.0 cm³/mol. The van der Waals surface area contributed by atoms with Gasteiger partial charge in [0.2, 0.25) is 0 Å². The Bertz CT molecular complexity index is 822. The Balaban J connectivity index is 1.68. The first-order valence-corrected chi connectivity index (χ1v) is 10.3. The summed E-state index contributed by atoms with van der Waals surface area (Å²) in [6.07, 6.45) is 1.53. The van der Waals surface area contributed by atoms with Gasteiger partial charge in [0, 0.05) is 29.7 Å². The minimum atomic E-state index is -3.48. The first-order valence-electron chi connectivity index (χ1n) is 7.57. The van der Waals surface area contributed by atoms with Gasteiger partial charge in [0.05, 0.1) is 0 Å². The second-order valence-corrected chi connectivity index (χ2v) is 9.07. The molecule has 5 nitrogen and oxygen atoms in total. The van der Waals surface area contributed by atoms with Crippen LogP contribution in [0.3, 0.4) is 0 Å². The molecule has 1 N–H and O–H groups in total. The Hall–Kier alpha value is -1.41. The van der Waals surface area contributed by atoms with Crippen LogP contribution in [0.4, 0.5) is 0 Å². The standard InChI is InChI=1S/C16H17ClN2O3S2/c17-13-5-1-4-12(10-13)16(20)18-11-14-6-2-8-19(14)24(21,22)15-7-3-9-23-15/h1,3-5,7,9-10,14H,2,6,8,11H2,(H,18,20). The van der Waals surface area contributed by atoms with Gasteiger partial charge < -0.3 is 5.32 Å². The van der Waals surface area contributed by atoms with Crippen molar-refractivity contribution in [3.8, 4) is 0 Å². The van der Waals surface area contributed by atoms with Crippen molar-refractivity contribution in [3.63, 3.8) is 0 Å². The number of hydrogen-bond acceptors (Lipinski definition) is 4. The zero-order valence-electron chi connectivity index (χ0n) is 12.8. The number of rotatable bonds is 5. The summed E-state index contributed by atoms with van der Waals surface area (Å²) < 4.78 is 27.2. The van der Waals surface area contributed by atoms with Crippen LogP contribution in [-0.2, 0) is 10.0 Å². The summed E-state index contributed by atoms with van der Waals surface area (Å²) >= 11 is 7.10. The van der Waals surface area contributed by atoms with Crippen LogP contribution in [0.1, 0.15) is 23.2 Å². The molecule has 1 aliphatic heterocycles.